The molecule has 0 aliphatic rings. The van der Waals surface area contributed by atoms with E-state index in [-0.39, 0.29) is 5.82 Å². The zero-order valence-corrected chi connectivity index (χ0v) is 9.08. The van der Waals surface area contributed by atoms with Gasteiger partial charge in [-0.25, -0.2) is 9.89 Å². The molecule has 0 amide bonds. The van der Waals surface area contributed by atoms with Gasteiger partial charge >= 0.3 is 5.69 Å². The Bertz CT molecular complexity index is 411. The summed E-state index contributed by atoms with van der Waals surface area (Å²) in [6.45, 7) is 1.38. The summed E-state index contributed by atoms with van der Waals surface area (Å²) in [7, 11) is 0. The van der Waals surface area contributed by atoms with Crippen LogP contribution >= 0.6 is 0 Å². The smallest absolute Gasteiger partial charge is 0.342 e. The van der Waals surface area contributed by atoms with Crippen molar-refractivity contribution in [2.75, 3.05) is 18.4 Å². The Morgan fingerprint density at radius 3 is 2.62 bits per heavy atom. The molecule has 0 fully saturated rings. The molecule has 0 saturated carbocycles. The van der Waals surface area contributed by atoms with Crippen LogP contribution in [0.4, 0.5) is 5.82 Å². The first-order valence-electron chi connectivity index (χ1n) is 5.37. The molecule has 0 aliphatic carbocycles. The van der Waals surface area contributed by atoms with Gasteiger partial charge in [-0.2, -0.15) is 0 Å². The van der Waals surface area contributed by atoms with Gasteiger partial charge in [-0.1, -0.05) is 12.8 Å². The molecule has 7 nitrogen and oxygen atoms in total. The molecule has 0 atom stereocenters. The molecular formula is C9H17N5O2. The monoisotopic (exact) mass is 227 g/mol. The van der Waals surface area contributed by atoms with Crippen LogP contribution in [0, 0.1) is 0 Å². The lowest BCUT2D eigenvalue weighted by atomic mass is 10.2. The van der Waals surface area contributed by atoms with E-state index in [4.69, 9.17) is 5.73 Å². The van der Waals surface area contributed by atoms with Crippen molar-refractivity contribution in [1.29, 1.82) is 0 Å². The molecule has 90 valence electrons. The van der Waals surface area contributed by atoms with Crippen molar-refractivity contribution in [3.63, 3.8) is 0 Å². The third kappa shape index (κ3) is 4.26. The average Bonchev–Trinajstić information content (AvgIpc) is 2.26. The summed E-state index contributed by atoms with van der Waals surface area (Å²) in [5.41, 5.74) is 4.27. The maximum absolute atomic E-state index is 11.2. The van der Waals surface area contributed by atoms with Crippen LogP contribution in [-0.4, -0.2) is 28.3 Å². The van der Waals surface area contributed by atoms with Gasteiger partial charge in [-0.15, -0.1) is 5.10 Å². The minimum Gasteiger partial charge on any atom is -0.364 e. The van der Waals surface area contributed by atoms with Crippen molar-refractivity contribution in [2.24, 2.45) is 5.73 Å². The van der Waals surface area contributed by atoms with Gasteiger partial charge in [-0.3, -0.25) is 9.78 Å². The Kier molecular flexibility index (Phi) is 5.27. The molecule has 0 aromatic carbocycles. The summed E-state index contributed by atoms with van der Waals surface area (Å²) in [6, 6.07) is 0. The van der Waals surface area contributed by atoms with E-state index < -0.39 is 11.2 Å². The van der Waals surface area contributed by atoms with E-state index in [1.807, 2.05) is 0 Å². The number of nitrogens with zero attached hydrogens (tertiary/aromatic N) is 1. The Balaban J connectivity index is 2.27. The second kappa shape index (κ2) is 6.78. The van der Waals surface area contributed by atoms with Crippen LogP contribution in [0.15, 0.2) is 9.59 Å². The maximum Gasteiger partial charge on any atom is 0.342 e. The summed E-state index contributed by atoms with van der Waals surface area (Å²) >= 11 is 0. The maximum atomic E-state index is 11.2. The largest absolute Gasteiger partial charge is 0.364 e. The van der Waals surface area contributed by atoms with E-state index in [0.717, 1.165) is 25.7 Å². The number of hydrogen-bond acceptors (Lipinski definition) is 5. The molecule has 1 rings (SSSR count). The molecule has 1 aromatic rings. The van der Waals surface area contributed by atoms with Crippen molar-refractivity contribution < 1.29 is 0 Å². The van der Waals surface area contributed by atoms with Crippen molar-refractivity contribution in [3.05, 3.63) is 20.8 Å². The molecule has 0 bridgehead atoms. The van der Waals surface area contributed by atoms with Crippen LogP contribution in [0.3, 0.4) is 0 Å². The van der Waals surface area contributed by atoms with Crippen LogP contribution in [0.25, 0.3) is 0 Å². The first kappa shape index (κ1) is 12.4. The number of anilines is 1. The van der Waals surface area contributed by atoms with Crippen molar-refractivity contribution in [3.8, 4) is 0 Å². The number of hydrogen-bond donors (Lipinski definition) is 4. The molecule has 0 aliphatic heterocycles. The molecular weight excluding hydrogens is 210 g/mol. The highest BCUT2D eigenvalue weighted by Crippen LogP contribution is 1.98. The molecule has 0 saturated heterocycles. The van der Waals surface area contributed by atoms with Crippen molar-refractivity contribution in [1.82, 2.24) is 15.2 Å². The normalized spacial score (nSPS) is 10.3. The summed E-state index contributed by atoms with van der Waals surface area (Å²) in [4.78, 5) is 24.0. The van der Waals surface area contributed by atoms with Gasteiger partial charge in [0.15, 0.2) is 0 Å². The standard InChI is InChI=1S/C9H17N5O2/c10-5-3-1-2-4-6-11-7-8(15)12-9(16)14-13-7/h1-6,10H2,(H,11,13)(H2,12,14,15,16). The molecule has 1 aromatic heterocycles. The number of nitrogens with two attached hydrogens (primary N) is 1. The number of aromatic nitrogens is 3. The zero-order valence-electron chi connectivity index (χ0n) is 9.08. The van der Waals surface area contributed by atoms with Crippen LogP contribution < -0.4 is 22.3 Å². The summed E-state index contributed by atoms with van der Waals surface area (Å²) in [5, 5.41) is 8.62. The molecule has 7 heteroatoms. The Morgan fingerprint density at radius 1 is 1.19 bits per heavy atom. The van der Waals surface area contributed by atoms with E-state index in [0.29, 0.717) is 13.1 Å². The molecule has 5 N–H and O–H groups in total. The third-order valence-electron chi connectivity index (χ3n) is 2.13. The predicted molar refractivity (Wildman–Crippen MR) is 61.5 cm³/mol. The second-order valence-corrected chi connectivity index (χ2v) is 3.49. The summed E-state index contributed by atoms with van der Waals surface area (Å²) in [6.07, 6.45) is 4.12. The minimum atomic E-state index is -0.599. The predicted octanol–water partition coefficient (Wildman–Crippen LogP) is -0.611. The van der Waals surface area contributed by atoms with E-state index in [1.54, 1.807) is 0 Å². The first-order valence-corrected chi connectivity index (χ1v) is 5.37. The molecule has 1 heterocycles. The molecule has 16 heavy (non-hydrogen) atoms. The molecule has 0 radical (unpaired) electrons. The highest BCUT2D eigenvalue weighted by molar-refractivity contribution is 5.28. The SMILES string of the molecule is NCCCCCCNc1n[nH]c(=O)[nH]c1=O. The van der Waals surface area contributed by atoms with Crippen molar-refractivity contribution >= 4 is 5.82 Å². The fourth-order valence-electron chi connectivity index (χ4n) is 1.30. The number of aromatic amines is 2. The molecule has 0 spiro atoms. The van der Waals surface area contributed by atoms with E-state index in [1.165, 1.54) is 0 Å². The van der Waals surface area contributed by atoms with Gasteiger partial charge in [0.2, 0.25) is 5.82 Å². The van der Waals surface area contributed by atoms with Crippen molar-refractivity contribution in [2.45, 2.75) is 25.7 Å². The zero-order chi connectivity index (χ0) is 11.8. The fourth-order valence-corrected chi connectivity index (χ4v) is 1.30. The number of unbranched alkanes of at least 4 members (excludes halogenated alkanes) is 3. The van der Waals surface area contributed by atoms with E-state index in [2.05, 4.69) is 20.5 Å². The van der Waals surface area contributed by atoms with Gasteiger partial charge in [0.25, 0.3) is 5.56 Å². The lowest BCUT2D eigenvalue weighted by Crippen LogP contribution is -2.27. The van der Waals surface area contributed by atoms with Gasteiger partial charge in [-0.05, 0) is 19.4 Å². The Labute approximate surface area is 92.5 Å². The van der Waals surface area contributed by atoms with Gasteiger partial charge < -0.3 is 11.1 Å². The lowest BCUT2D eigenvalue weighted by molar-refractivity contribution is 0.660. The van der Waals surface area contributed by atoms with Crippen LogP contribution in [0.1, 0.15) is 25.7 Å². The summed E-state index contributed by atoms with van der Waals surface area (Å²) in [5.74, 6) is 0.151. The highest BCUT2D eigenvalue weighted by Gasteiger charge is 1.99. The fraction of sp³-hybridized carbons (Fsp3) is 0.667. The van der Waals surface area contributed by atoms with Gasteiger partial charge in [0.1, 0.15) is 0 Å². The summed E-state index contributed by atoms with van der Waals surface area (Å²) < 4.78 is 0. The number of nitrogens with one attached hydrogen (secondary N) is 3. The second-order valence-electron chi connectivity index (χ2n) is 3.49. The van der Waals surface area contributed by atoms with E-state index >= 15 is 0 Å². The number of H-pyrrole nitrogens is 2. The van der Waals surface area contributed by atoms with Gasteiger partial charge in [0, 0.05) is 6.54 Å². The van der Waals surface area contributed by atoms with Gasteiger partial charge in [0.05, 0.1) is 0 Å². The molecule has 0 unspecified atom stereocenters. The Morgan fingerprint density at radius 2 is 1.94 bits per heavy atom. The minimum absolute atomic E-state index is 0.151. The topological polar surface area (TPSA) is 117 Å². The Hall–Kier alpha value is -1.63. The van der Waals surface area contributed by atoms with Crippen LogP contribution in [-0.2, 0) is 0 Å². The first-order chi connectivity index (χ1) is 7.74. The highest BCUT2D eigenvalue weighted by atomic mass is 16.2. The quantitative estimate of drug-likeness (QED) is 0.463. The third-order valence-corrected chi connectivity index (χ3v) is 2.13. The van der Waals surface area contributed by atoms with Crippen LogP contribution in [0.2, 0.25) is 0 Å². The van der Waals surface area contributed by atoms with E-state index in [9.17, 15) is 9.59 Å². The van der Waals surface area contributed by atoms with Crippen LogP contribution in [0.5, 0.6) is 0 Å². The lowest BCUT2D eigenvalue weighted by Gasteiger charge is -2.03. The number of rotatable bonds is 7. The average molecular weight is 227 g/mol.